The Morgan fingerprint density at radius 3 is 3.00 bits per heavy atom. The number of aromatic amines is 1. The fourth-order valence-corrected chi connectivity index (χ4v) is 3.51. The van der Waals surface area contributed by atoms with Gasteiger partial charge in [-0.25, -0.2) is 4.98 Å². The van der Waals surface area contributed by atoms with Gasteiger partial charge in [-0.15, -0.1) is 11.3 Å². The molecule has 3 heterocycles. The van der Waals surface area contributed by atoms with Crippen molar-refractivity contribution in [2.75, 3.05) is 5.73 Å². The van der Waals surface area contributed by atoms with Gasteiger partial charge in [0.2, 0.25) is 5.95 Å². The molecule has 0 amide bonds. The highest BCUT2D eigenvalue weighted by Gasteiger charge is 2.15. The number of thiophene rings is 1. The van der Waals surface area contributed by atoms with Gasteiger partial charge in [-0.3, -0.25) is 9.78 Å². The molecule has 104 valence electrons. The number of benzene rings is 1. The van der Waals surface area contributed by atoms with Crippen LogP contribution < -0.4 is 11.3 Å². The highest BCUT2D eigenvalue weighted by molar-refractivity contribution is 7.13. The van der Waals surface area contributed by atoms with E-state index in [9.17, 15) is 4.79 Å². The monoisotopic (exact) mass is 296 g/mol. The molecule has 0 aliphatic rings. The Labute approximate surface area is 123 Å². The number of nitrogens with zero attached hydrogens (tertiary/aromatic N) is 2. The quantitative estimate of drug-likeness (QED) is 0.567. The first-order valence-corrected chi connectivity index (χ1v) is 7.34. The summed E-state index contributed by atoms with van der Waals surface area (Å²) in [5.41, 5.74) is 8.19. The summed E-state index contributed by atoms with van der Waals surface area (Å²) in [6.45, 7) is 0. The van der Waals surface area contributed by atoms with Gasteiger partial charge < -0.3 is 10.3 Å². The van der Waals surface area contributed by atoms with Crippen LogP contribution in [0, 0.1) is 0 Å². The van der Waals surface area contributed by atoms with E-state index >= 15 is 0 Å². The number of aromatic nitrogens is 3. The van der Waals surface area contributed by atoms with E-state index in [1.165, 1.54) is 0 Å². The first kappa shape index (κ1) is 12.2. The van der Waals surface area contributed by atoms with Crippen molar-refractivity contribution >= 4 is 39.1 Å². The second-order valence-electron chi connectivity index (χ2n) is 4.94. The maximum absolute atomic E-state index is 12.2. The van der Waals surface area contributed by atoms with Crippen LogP contribution in [0.2, 0.25) is 0 Å². The molecular formula is C15H12N4OS. The average Bonchev–Trinajstić information content (AvgIpc) is 3.07. The summed E-state index contributed by atoms with van der Waals surface area (Å²) >= 11 is 1.66. The summed E-state index contributed by atoms with van der Waals surface area (Å²) in [4.78, 5) is 20.2. The molecule has 1 aromatic carbocycles. The van der Waals surface area contributed by atoms with E-state index in [4.69, 9.17) is 5.73 Å². The zero-order chi connectivity index (χ0) is 14.6. The molecule has 5 nitrogen and oxygen atoms in total. The fraction of sp³-hybridized carbons (Fsp3) is 0.0667. The van der Waals surface area contributed by atoms with Crippen molar-refractivity contribution in [1.82, 2.24) is 14.5 Å². The van der Waals surface area contributed by atoms with Crippen molar-refractivity contribution in [3.63, 3.8) is 0 Å². The Kier molecular flexibility index (Phi) is 2.43. The van der Waals surface area contributed by atoms with E-state index in [1.807, 2.05) is 41.4 Å². The summed E-state index contributed by atoms with van der Waals surface area (Å²) in [5.74, 6) is 0.139. The van der Waals surface area contributed by atoms with Gasteiger partial charge in [-0.1, -0.05) is 6.07 Å². The van der Waals surface area contributed by atoms with Crippen LogP contribution >= 0.6 is 11.3 Å². The molecule has 0 saturated carbocycles. The summed E-state index contributed by atoms with van der Waals surface area (Å²) in [6.07, 6.45) is 1.96. The largest absolute Gasteiger partial charge is 0.369 e. The molecule has 21 heavy (non-hydrogen) atoms. The molecule has 3 aromatic heterocycles. The van der Waals surface area contributed by atoms with Gasteiger partial charge in [0.25, 0.3) is 5.56 Å². The standard InChI is InChI=1S/C15H12N4OS/c1-19-5-4-8-12-10(17-15(16)18-14(12)20)7-9(13(8)19)11-3-2-6-21-11/h2-7H,1H3,(H3,16,17,18,20). The lowest BCUT2D eigenvalue weighted by atomic mass is 10.1. The predicted octanol–water partition coefficient (Wildman–Crippen LogP) is 2.73. The van der Waals surface area contributed by atoms with Gasteiger partial charge in [-0.05, 0) is 23.6 Å². The van der Waals surface area contributed by atoms with Crippen LogP contribution in [0.3, 0.4) is 0 Å². The molecule has 0 fully saturated rings. The number of aryl methyl sites for hydroxylation is 1. The lowest BCUT2D eigenvalue weighted by molar-refractivity contribution is 0.970. The third kappa shape index (κ3) is 1.69. The van der Waals surface area contributed by atoms with E-state index in [0.29, 0.717) is 10.9 Å². The van der Waals surface area contributed by atoms with Crippen LogP contribution in [0.15, 0.2) is 40.6 Å². The molecule has 0 aliphatic heterocycles. The molecule has 0 spiro atoms. The molecule has 0 aliphatic carbocycles. The second-order valence-corrected chi connectivity index (χ2v) is 5.88. The minimum Gasteiger partial charge on any atom is -0.369 e. The van der Waals surface area contributed by atoms with Crippen LogP contribution in [0.1, 0.15) is 0 Å². The Hall–Kier alpha value is -2.60. The van der Waals surface area contributed by atoms with Gasteiger partial charge in [-0.2, -0.15) is 0 Å². The maximum atomic E-state index is 12.2. The van der Waals surface area contributed by atoms with Crippen molar-refractivity contribution in [3.8, 4) is 10.4 Å². The van der Waals surface area contributed by atoms with Crippen LogP contribution in [-0.4, -0.2) is 14.5 Å². The third-order valence-electron chi connectivity index (χ3n) is 3.63. The second kappa shape index (κ2) is 4.20. The van der Waals surface area contributed by atoms with Gasteiger partial charge in [0.05, 0.1) is 16.4 Å². The van der Waals surface area contributed by atoms with E-state index in [1.54, 1.807) is 11.3 Å². The van der Waals surface area contributed by atoms with Crippen molar-refractivity contribution in [2.24, 2.45) is 7.05 Å². The average molecular weight is 296 g/mol. The predicted molar refractivity (Wildman–Crippen MR) is 86.6 cm³/mol. The van der Waals surface area contributed by atoms with E-state index in [-0.39, 0.29) is 11.5 Å². The molecule has 0 saturated heterocycles. The van der Waals surface area contributed by atoms with Gasteiger partial charge >= 0.3 is 0 Å². The number of hydrogen-bond acceptors (Lipinski definition) is 4. The minimum absolute atomic E-state index is 0.139. The number of H-pyrrole nitrogens is 1. The number of anilines is 1. The number of rotatable bonds is 1. The summed E-state index contributed by atoms with van der Waals surface area (Å²) in [6, 6.07) is 7.96. The molecule has 0 radical (unpaired) electrons. The summed E-state index contributed by atoms with van der Waals surface area (Å²) < 4.78 is 2.03. The third-order valence-corrected chi connectivity index (χ3v) is 4.53. The Bertz CT molecular complexity index is 1030. The number of hydrogen-bond donors (Lipinski definition) is 2. The van der Waals surface area contributed by atoms with Crippen molar-refractivity contribution in [1.29, 1.82) is 0 Å². The van der Waals surface area contributed by atoms with E-state index < -0.39 is 0 Å². The SMILES string of the molecule is Cn1ccc2c3c(=O)[nH]c(N)nc3cc(-c3cccs3)c21. The molecule has 4 rings (SSSR count). The Morgan fingerprint density at radius 2 is 2.24 bits per heavy atom. The first-order chi connectivity index (χ1) is 10.1. The maximum Gasteiger partial charge on any atom is 0.260 e. The smallest absolute Gasteiger partial charge is 0.260 e. The fourth-order valence-electron chi connectivity index (χ4n) is 2.76. The van der Waals surface area contributed by atoms with Crippen LogP contribution in [-0.2, 0) is 7.05 Å². The molecule has 3 N–H and O–H groups in total. The number of nitrogens with two attached hydrogens (primary N) is 1. The highest BCUT2D eigenvalue weighted by Crippen LogP contribution is 2.35. The lowest BCUT2D eigenvalue weighted by Gasteiger charge is -2.07. The van der Waals surface area contributed by atoms with Crippen LogP contribution in [0.25, 0.3) is 32.2 Å². The summed E-state index contributed by atoms with van der Waals surface area (Å²) in [5, 5.41) is 3.51. The lowest BCUT2D eigenvalue weighted by Crippen LogP contribution is -2.11. The summed E-state index contributed by atoms with van der Waals surface area (Å²) in [7, 11) is 1.98. The topological polar surface area (TPSA) is 76.7 Å². The van der Waals surface area contributed by atoms with Crippen molar-refractivity contribution in [2.45, 2.75) is 0 Å². The van der Waals surface area contributed by atoms with Gasteiger partial charge in [0.1, 0.15) is 0 Å². The number of nitrogen functional groups attached to an aromatic ring is 1. The van der Waals surface area contributed by atoms with Crippen molar-refractivity contribution < 1.29 is 0 Å². The van der Waals surface area contributed by atoms with Crippen LogP contribution in [0.5, 0.6) is 0 Å². The Balaban J connectivity index is 2.28. The zero-order valence-electron chi connectivity index (χ0n) is 11.3. The Morgan fingerprint density at radius 1 is 1.38 bits per heavy atom. The molecule has 4 aromatic rings. The van der Waals surface area contributed by atoms with Gasteiger partial charge in [0, 0.05) is 29.1 Å². The zero-order valence-corrected chi connectivity index (χ0v) is 12.1. The highest BCUT2D eigenvalue weighted by atomic mass is 32.1. The number of nitrogens with one attached hydrogen (secondary N) is 1. The van der Waals surface area contributed by atoms with Crippen molar-refractivity contribution in [3.05, 3.63) is 46.2 Å². The molecule has 0 atom stereocenters. The minimum atomic E-state index is -0.202. The van der Waals surface area contributed by atoms with Crippen LogP contribution in [0.4, 0.5) is 5.95 Å². The first-order valence-electron chi connectivity index (χ1n) is 6.46. The molecular weight excluding hydrogens is 284 g/mol. The van der Waals surface area contributed by atoms with E-state index in [2.05, 4.69) is 16.0 Å². The molecule has 6 heteroatoms. The number of fused-ring (bicyclic) bond motifs is 3. The molecule has 0 unspecified atom stereocenters. The molecule has 0 bridgehead atoms. The van der Waals surface area contributed by atoms with E-state index in [0.717, 1.165) is 21.3 Å². The van der Waals surface area contributed by atoms with Gasteiger partial charge in [0.15, 0.2) is 0 Å². The normalized spacial score (nSPS) is 11.5.